The van der Waals surface area contributed by atoms with E-state index in [1.165, 1.54) is 0 Å². The van der Waals surface area contributed by atoms with Crippen LogP contribution in [0.15, 0.2) is 0 Å². The van der Waals surface area contributed by atoms with Crippen LogP contribution in [-0.2, 0) is 0 Å². The third-order valence-corrected chi connectivity index (χ3v) is 0.567. The third-order valence-electron chi connectivity index (χ3n) is 0.189. The van der Waals surface area contributed by atoms with Crippen LogP contribution in [0.5, 0.6) is 0 Å². The standard InChI is InChI=1S/C2H5Cl2N.ClH/c3-1-5-2-4;/h5H,1-2H2;1H. The molecule has 1 nitrogen and oxygen atoms in total. The van der Waals surface area contributed by atoms with Crippen LogP contribution in [0.1, 0.15) is 0 Å². The van der Waals surface area contributed by atoms with Crippen LogP contribution in [0.25, 0.3) is 0 Å². The van der Waals surface area contributed by atoms with Gasteiger partial charge >= 0.3 is 0 Å². The van der Waals surface area contributed by atoms with Crippen molar-refractivity contribution in [1.82, 2.24) is 5.32 Å². The molecule has 0 spiro atoms. The number of nitrogens with one attached hydrogen (secondary N) is 1. The van der Waals surface area contributed by atoms with Crippen LogP contribution >= 0.6 is 35.6 Å². The van der Waals surface area contributed by atoms with Crippen molar-refractivity contribution < 1.29 is 0 Å². The molecule has 0 saturated heterocycles. The van der Waals surface area contributed by atoms with E-state index >= 15 is 0 Å². The Labute approximate surface area is 53.4 Å². The number of alkyl halides is 2. The second-order valence-corrected chi connectivity index (χ2v) is 1.05. The quantitative estimate of drug-likeness (QED) is 0.463. The van der Waals surface area contributed by atoms with Crippen LogP contribution in [0.2, 0.25) is 0 Å². The van der Waals surface area contributed by atoms with Crippen molar-refractivity contribution in [2.75, 3.05) is 12.0 Å². The molecule has 1 N–H and O–H groups in total. The first-order valence-corrected chi connectivity index (χ1v) is 2.31. The highest BCUT2D eigenvalue weighted by molar-refractivity contribution is 6.19. The van der Waals surface area contributed by atoms with Gasteiger partial charge in [-0.15, -0.1) is 35.6 Å². The lowest BCUT2D eigenvalue weighted by atomic mass is 11.2. The second kappa shape index (κ2) is 9.27. The highest BCUT2D eigenvalue weighted by Gasteiger charge is 1.66. The van der Waals surface area contributed by atoms with Crippen molar-refractivity contribution in [2.24, 2.45) is 0 Å². The smallest absolute Gasteiger partial charge is 0.0722 e. The number of hydrogen-bond acceptors (Lipinski definition) is 1. The monoisotopic (exact) mass is 149 g/mol. The summed E-state index contributed by atoms with van der Waals surface area (Å²) < 4.78 is 0. The maximum atomic E-state index is 5.11. The average Bonchev–Trinajstić information content (AvgIpc) is 1.41. The summed E-state index contributed by atoms with van der Waals surface area (Å²) in [5, 5.41) is 2.64. The van der Waals surface area contributed by atoms with Gasteiger partial charge in [0.15, 0.2) is 0 Å². The molecule has 0 aliphatic rings. The largest absolute Gasteiger partial charge is 0.291 e. The first-order chi connectivity index (χ1) is 2.41. The third kappa shape index (κ3) is 8.85. The van der Waals surface area contributed by atoms with Gasteiger partial charge in [-0.3, -0.25) is 5.32 Å². The maximum Gasteiger partial charge on any atom is 0.0722 e. The Balaban J connectivity index is 0. The molecule has 0 fully saturated rings. The lowest BCUT2D eigenvalue weighted by Crippen LogP contribution is -2.05. The zero-order valence-electron chi connectivity index (χ0n) is 3.08. The van der Waals surface area contributed by atoms with Crippen molar-refractivity contribution in [3.63, 3.8) is 0 Å². The Morgan fingerprint density at radius 2 is 1.50 bits per heavy atom. The van der Waals surface area contributed by atoms with Crippen molar-refractivity contribution >= 4 is 35.6 Å². The van der Waals surface area contributed by atoms with Gasteiger partial charge in [-0.05, 0) is 0 Å². The molecule has 40 valence electrons. The summed E-state index contributed by atoms with van der Waals surface area (Å²) in [6.45, 7) is 0. The van der Waals surface area contributed by atoms with E-state index in [-0.39, 0.29) is 12.4 Å². The Bertz CT molecular complexity index is 16.3. The van der Waals surface area contributed by atoms with Gasteiger partial charge in [0.2, 0.25) is 0 Å². The molecule has 0 aromatic heterocycles. The zero-order valence-corrected chi connectivity index (χ0v) is 5.41. The fourth-order valence-electron chi connectivity index (χ4n) is 0.0357. The molecule has 0 aromatic rings. The molecular weight excluding hydrogens is 144 g/mol. The van der Waals surface area contributed by atoms with Crippen LogP contribution in [0.4, 0.5) is 0 Å². The fourth-order valence-corrected chi connectivity index (χ4v) is 0.321. The summed E-state index contributed by atoms with van der Waals surface area (Å²) in [7, 11) is 0. The Morgan fingerprint density at radius 1 is 1.17 bits per heavy atom. The van der Waals surface area contributed by atoms with Crippen LogP contribution < -0.4 is 5.32 Å². The van der Waals surface area contributed by atoms with Gasteiger partial charge in [0.05, 0.1) is 12.0 Å². The summed E-state index contributed by atoms with van der Waals surface area (Å²) in [6, 6.07) is 0.868. The minimum atomic E-state index is 0. The molecule has 6 heavy (non-hydrogen) atoms. The van der Waals surface area contributed by atoms with Gasteiger partial charge in [0, 0.05) is 0 Å². The van der Waals surface area contributed by atoms with E-state index < -0.39 is 0 Å². The average molecular weight is 150 g/mol. The molecule has 0 bridgehead atoms. The number of halogens is 3. The normalized spacial score (nSPS) is 7.00. The molecule has 0 aliphatic heterocycles. The minimum Gasteiger partial charge on any atom is -0.291 e. The van der Waals surface area contributed by atoms with E-state index in [0.717, 1.165) is 0 Å². The van der Waals surface area contributed by atoms with E-state index in [4.69, 9.17) is 23.2 Å². The van der Waals surface area contributed by atoms with E-state index in [9.17, 15) is 0 Å². The van der Waals surface area contributed by atoms with Gasteiger partial charge in [-0.2, -0.15) is 0 Å². The second-order valence-electron chi connectivity index (χ2n) is 0.517. The van der Waals surface area contributed by atoms with Crippen LogP contribution in [-0.4, -0.2) is 12.0 Å². The van der Waals surface area contributed by atoms with Gasteiger partial charge < -0.3 is 0 Å². The van der Waals surface area contributed by atoms with Gasteiger partial charge in [0.25, 0.3) is 0 Å². The molecule has 0 unspecified atom stereocenters. The van der Waals surface area contributed by atoms with E-state index in [2.05, 4.69) is 5.32 Å². The van der Waals surface area contributed by atoms with Gasteiger partial charge in [0.1, 0.15) is 0 Å². The number of hydrogen-bond donors (Lipinski definition) is 1. The van der Waals surface area contributed by atoms with Crippen molar-refractivity contribution in [3.05, 3.63) is 0 Å². The van der Waals surface area contributed by atoms with Crippen molar-refractivity contribution in [3.8, 4) is 0 Å². The zero-order chi connectivity index (χ0) is 4.12. The van der Waals surface area contributed by atoms with Crippen LogP contribution in [0, 0.1) is 0 Å². The van der Waals surface area contributed by atoms with Crippen LogP contribution in [0.3, 0.4) is 0 Å². The molecular formula is C2H6Cl3N. The summed E-state index contributed by atoms with van der Waals surface area (Å²) in [6.07, 6.45) is 0. The molecule has 4 heteroatoms. The highest BCUT2D eigenvalue weighted by atomic mass is 35.5. The van der Waals surface area contributed by atoms with Gasteiger partial charge in [-0.1, -0.05) is 0 Å². The summed E-state index contributed by atoms with van der Waals surface area (Å²) >= 11 is 10.2. The molecule has 0 amide bonds. The topological polar surface area (TPSA) is 12.0 Å². The molecule has 0 aromatic carbocycles. The fraction of sp³-hybridized carbons (Fsp3) is 1.00. The predicted molar refractivity (Wildman–Crippen MR) is 31.8 cm³/mol. The molecule has 0 radical (unpaired) electrons. The lowest BCUT2D eigenvalue weighted by molar-refractivity contribution is 0.935. The molecule has 0 saturated carbocycles. The molecule has 0 rings (SSSR count). The molecule has 0 atom stereocenters. The highest BCUT2D eigenvalue weighted by Crippen LogP contribution is 1.67. The minimum absolute atomic E-state index is 0. The Hall–Kier alpha value is 0.830. The molecule has 0 heterocycles. The Kier molecular flexibility index (Phi) is 15.4. The summed E-state index contributed by atoms with van der Waals surface area (Å²) in [4.78, 5) is 0. The van der Waals surface area contributed by atoms with E-state index in [1.54, 1.807) is 0 Å². The van der Waals surface area contributed by atoms with E-state index in [0.29, 0.717) is 12.0 Å². The maximum absolute atomic E-state index is 5.11. The molecule has 0 aliphatic carbocycles. The first kappa shape index (κ1) is 9.95. The lowest BCUT2D eigenvalue weighted by Gasteiger charge is -1.82. The summed E-state index contributed by atoms with van der Waals surface area (Å²) in [5.41, 5.74) is 0. The van der Waals surface area contributed by atoms with E-state index in [1.807, 2.05) is 0 Å². The Morgan fingerprint density at radius 3 is 1.50 bits per heavy atom. The summed E-state index contributed by atoms with van der Waals surface area (Å²) in [5.74, 6) is 0. The van der Waals surface area contributed by atoms with Gasteiger partial charge in [-0.25, -0.2) is 0 Å². The predicted octanol–water partition coefficient (Wildman–Crippen LogP) is 1.39. The number of rotatable bonds is 2. The van der Waals surface area contributed by atoms with Crippen molar-refractivity contribution in [2.45, 2.75) is 0 Å². The SMILES string of the molecule is Cl.ClCNCCl. The van der Waals surface area contributed by atoms with Crippen molar-refractivity contribution in [1.29, 1.82) is 0 Å². The first-order valence-electron chi connectivity index (χ1n) is 1.24.